The summed E-state index contributed by atoms with van der Waals surface area (Å²) in [6.07, 6.45) is 11.5. The summed E-state index contributed by atoms with van der Waals surface area (Å²) < 4.78 is 25.8. The van der Waals surface area contributed by atoms with Crippen LogP contribution in [0.2, 0.25) is 0 Å². The van der Waals surface area contributed by atoms with E-state index in [0.717, 1.165) is 43.2 Å². The van der Waals surface area contributed by atoms with Gasteiger partial charge in [-0.2, -0.15) is 0 Å². The summed E-state index contributed by atoms with van der Waals surface area (Å²) in [5.74, 6) is 0.665. The SMILES string of the molecule is CC1CCc2cc(CS(=O)(=O)c3ccc(NC(=O)NCC4=CCCC=C4)cc3)ccc2C1. The highest BCUT2D eigenvalue weighted by Crippen LogP contribution is 2.27. The van der Waals surface area contributed by atoms with E-state index in [1.807, 2.05) is 12.1 Å². The number of anilines is 1. The van der Waals surface area contributed by atoms with Crippen molar-refractivity contribution < 1.29 is 13.2 Å². The van der Waals surface area contributed by atoms with Gasteiger partial charge in [0.05, 0.1) is 10.6 Å². The van der Waals surface area contributed by atoms with Crippen molar-refractivity contribution in [1.29, 1.82) is 0 Å². The van der Waals surface area contributed by atoms with E-state index in [0.29, 0.717) is 18.2 Å². The Labute approximate surface area is 190 Å². The molecule has 1 unspecified atom stereocenters. The Morgan fingerprint density at radius 1 is 1.06 bits per heavy atom. The van der Waals surface area contributed by atoms with Gasteiger partial charge in [0, 0.05) is 12.2 Å². The summed E-state index contributed by atoms with van der Waals surface area (Å²) in [4.78, 5) is 12.4. The first-order valence-corrected chi connectivity index (χ1v) is 12.9. The molecule has 0 aliphatic heterocycles. The van der Waals surface area contributed by atoms with Gasteiger partial charge in [-0.05, 0) is 84.6 Å². The van der Waals surface area contributed by atoms with Gasteiger partial charge >= 0.3 is 6.03 Å². The number of carbonyl (C=O) groups excluding carboxylic acids is 1. The number of nitrogens with one attached hydrogen (secondary N) is 2. The molecule has 0 radical (unpaired) electrons. The number of urea groups is 1. The number of fused-ring (bicyclic) bond motifs is 1. The first-order valence-electron chi connectivity index (χ1n) is 11.2. The van der Waals surface area contributed by atoms with Crippen molar-refractivity contribution in [3.05, 3.63) is 83.0 Å². The lowest BCUT2D eigenvalue weighted by Crippen LogP contribution is -2.30. The maximum Gasteiger partial charge on any atom is 0.319 e. The van der Waals surface area contributed by atoms with E-state index >= 15 is 0 Å². The zero-order valence-electron chi connectivity index (χ0n) is 18.4. The average molecular weight is 451 g/mol. The van der Waals surface area contributed by atoms with Crippen LogP contribution in [-0.4, -0.2) is 21.0 Å². The molecule has 32 heavy (non-hydrogen) atoms. The molecule has 2 aliphatic carbocycles. The fourth-order valence-electron chi connectivity index (χ4n) is 4.29. The summed E-state index contributed by atoms with van der Waals surface area (Å²) >= 11 is 0. The van der Waals surface area contributed by atoms with Gasteiger partial charge in [-0.3, -0.25) is 0 Å². The van der Waals surface area contributed by atoms with E-state index in [1.165, 1.54) is 11.1 Å². The Morgan fingerprint density at radius 3 is 2.62 bits per heavy atom. The van der Waals surface area contributed by atoms with E-state index in [2.05, 4.69) is 41.8 Å². The van der Waals surface area contributed by atoms with Crippen LogP contribution in [0.1, 0.15) is 42.9 Å². The van der Waals surface area contributed by atoms with Crippen molar-refractivity contribution in [2.45, 2.75) is 49.7 Å². The van der Waals surface area contributed by atoms with Gasteiger partial charge in [-0.25, -0.2) is 13.2 Å². The third-order valence-corrected chi connectivity index (χ3v) is 7.80. The second-order valence-electron chi connectivity index (χ2n) is 8.80. The molecule has 2 aromatic rings. The summed E-state index contributed by atoms with van der Waals surface area (Å²) in [5, 5.41) is 5.57. The second kappa shape index (κ2) is 9.74. The fraction of sp³-hybridized carbons (Fsp3) is 0.346. The van der Waals surface area contributed by atoms with E-state index in [-0.39, 0.29) is 16.7 Å². The van der Waals surface area contributed by atoms with E-state index in [1.54, 1.807) is 24.3 Å². The third kappa shape index (κ3) is 5.68. The predicted molar refractivity (Wildman–Crippen MR) is 128 cm³/mol. The lowest BCUT2D eigenvalue weighted by molar-refractivity contribution is 0.253. The normalized spacial score (nSPS) is 17.9. The molecule has 0 aromatic heterocycles. The van der Waals surface area contributed by atoms with Crippen molar-refractivity contribution in [2.75, 3.05) is 11.9 Å². The lowest BCUT2D eigenvalue weighted by Gasteiger charge is -2.22. The van der Waals surface area contributed by atoms with E-state index in [9.17, 15) is 13.2 Å². The van der Waals surface area contributed by atoms with Crippen molar-refractivity contribution >= 4 is 21.6 Å². The van der Waals surface area contributed by atoms with E-state index in [4.69, 9.17) is 0 Å². The molecule has 2 aromatic carbocycles. The third-order valence-electron chi connectivity index (χ3n) is 6.10. The van der Waals surface area contributed by atoms with E-state index < -0.39 is 9.84 Å². The Balaban J connectivity index is 1.36. The molecular weight excluding hydrogens is 420 g/mol. The smallest absolute Gasteiger partial charge is 0.319 e. The molecule has 2 amide bonds. The Bertz CT molecular complexity index is 1150. The Hall–Kier alpha value is -2.86. The average Bonchev–Trinajstić information content (AvgIpc) is 2.79. The summed E-state index contributed by atoms with van der Waals surface area (Å²) in [7, 11) is -3.46. The lowest BCUT2D eigenvalue weighted by atomic mass is 9.84. The zero-order chi connectivity index (χ0) is 22.6. The van der Waals surface area contributed by atoms with Gasteiger partial charge in [-0.1, -0.05) is 43.4 Å². The van der Waals surface area contributed by atoms with Crippen LogP contribution in [0, 0.1) is 5.92 Å². The van der Waals surface area contributed by atoms with Crippen LogP contribution < -0.4 is 10.6 Å². The summed E-state index contributed by atoms with van der Waals surface area (Å²) in [6, 6.07) is 12.1. The summed E-state index contributed by atoms with van der Waals surface area (Å²) in [6.45, 7) is 2.73. The number of rotatable bonds is 6. The number of carbonyl (C=O) groups is 1. The number of benzene rings is 2. The van der Waals surface area contributed by atoms with Crippen molar-refractivity contribution in [3.8, 4) is 0 Å². The van der Waals surface area contributed by atoms with Crippen LogP contribution in [0.3, 0.4) is 0 Å². The van der Waals surface area contributed by atoms with Crippen molar-refractivity contribution in [2.24, 2.45) is 5.92 Å². The van der Waals surface area contributed by atoms with Gasteiger partial charge < -0.3 is 10.6 Å². The largest absolute Gasteiger partial charge is 0.334 e. The molecule has 0 spiro atoms. The molecule has 0 heterocycles. The monoisotopic (exact) mass is 450 g/mol. The topological polar surface area (TPSA) is 75.3 Å². The number of hydrogen-bond acceptors (Lipinski definition) is 3. The van der Waals surface area contributed by atoms with Gasteiger partial charge in [-0.15, -0.1) is 0 Å². The number of amides is 2. The molecule has 0 saturated heterocycles. The number of allylic oxidation sites excluding steroid dienone is 2. The molecule has 0 fully saturated rings. The highest BCUT2D eigenvalue weighted by atomic mass is 32.2. The quantitative estimate of drug-likeness (QED) is 0.636. The maximum atomic E-state index is 12.9. The fourth-order valence-corrected chi connectivity index (χ4v) is 5.62. The first-order chi connectivity index (χ1) is 15.4. The molecule has 0 bridgehead atoms. The number of hydrogen-bond donors (Lipinski definition) is 2. The van der Waals surface area contributed by atoms with Crippen LogP contribution >= 0.6 is 0 Å². The van der Waals surface area contributed by atoms with Crippen LogP contribution in [0.15, 0.2) is 71.2 Å². The first kappa shape index (κ1) is 22.3. The highest BCUT2D eigenvalue weighted by molar-refractivity contribution is 7.90. The minimum Gasteiger partial charge on any atom is -0.334 e. The van der Waals surface area contributed by atoms with Crippen molar-refractivity contribution in [3.63, 3.8) is 0 Å². The summed E-state index contributed by atoms with van der Waals surface area (Å²) in [5.41, 5.74) is 5.09. The molecule has 2 aliphatic rings. The van der Waals surface area contributed by atoms with Crippen LogP contribution in [0.25, 0.3) is 0 Å². The molecule has 4 rings (SSSR count). The minimum atomic E-state index is -3.46. The van der Waals surface area contributed by atoms with Crippen molar-refractivity contribution in [1.82, 2.24) is 5.32 Å². The van der Waals surface area contributed by atoms with Crippen LogP contribution in [0.4, 0.5) is 10.5 Å². The molecule has 2 N–H and O–H groups in total. The Morgan fingerprint density at radius 2 is 1.88 bits per heavy atom. The zero-order valence-corrected chi connectivity index (χ0v) is 19.3. The van der Waals surface area contributed by atoms with Gasteiger partial charge in [0.25, 0.3) is 0 Å². The van der Waals surface area contributed by atoms with Gasteiger partial charge in [0.1, 0.15) is 0 Å². The molecule has 6 heteroatoms. The van der Waals surface area contributed by atoms with Gasteiger partial charge in [0.15, 0.2) is 9.84 Å². The Kier molecular flexibility index (Phi) is 6.80. The molecule has 168 valence electrons. The van der Waals surface area contributed by atoms with Crippen LogP contribution in [0.5, 0.6) is 0 Å². The standard InChI is InChI=1S/C26H30N2O3S/c1-19-7-9-23-16-21(8-10-22(23)15-19)18-32(30,31)25-13-11-24(12-14-25)28-26(29)27-17-20-5-3-2-4-6-20/h3,5-6,8,10-14,16,19H,2,4,7,9,15,17-18H2,1H3,(H2,27,28,29). The maximum absolute atomic E-state index is 12.9. The molecule has 0 saturated carbocycles. The predicted octanol–water partition coefficient (Wildman–Crippen LogP) is 5.18. The number of sulfone groups is 1. The van der Waals surface area contributed by atoms with Crippen LogP contribution in [-0.2, 0) is 28.4 Å². The molecule has 1 atom stereocenters. The highest BCUT2D eigenvalue weighted by Gasteiger charge is 2.19. The minimum absolute atomic E-state index is 0.0221. The molecule has 5 nitrogen and oxygen atoms in total. The number of aryl methyl sites for hydroxylation is 1. The second-order valence-corrected chi connectivity index (χ2v) is 10.8. The van der Waals surface area contributed by atoms with Gasteiger partial charge in [0.2, 0.25) is 0 Å². The molecular formula is C26H30N2O3S.